The second-order valence-corrected chi connectivity index (χ2v) is 15.9. The van der Waals surface area contributed by atoms with E-state index in [4.69, 9.17) is 9.40 Å². The van der Waals surface area contributed by atoms with Crippen molar-refractivity contribution in [1.29, 1.82) is 0 Å². The molecular formula is C27H32IrNOSi-. The van der Waals surface area contributed by atoms with E-state index in [0.29, 0.717) is 0 Å². The van der Waals surface area contributed by atoms with Crippen LogP contribution in [0.25, 0.3) is 33.2 Å². The molecule has 0 aliphatic carbocycles. The number of furan rings is 1. The van der Waals surface area contributed by atoms with E-state index in [1.165, 1.54) is 32.6 Å². The van der Waals surface area contributed by atoms with Crippen LogP contribution in [0.2, 0.25) is 19.6 Å². The van der Waals surface area contributed by atoms with Crippen molar-refractivity contribution in [2.45, 2.75) is 60.7 Å². The Hall–Kier alpha value is -1.74. The van der Waals surface area contributed by atoms with Gasteiger partial charge < -0.3 is 9.40 Å². The molecule has 2 nitrogen and oxygen atoms in total. The van der Waals surface area contributed by atoms with Gasteiger partial charge in [-0.05, 0) is 48.1 Å². The van der Waals surface area contributed by atoms with Crippen molar-refractivity contribution in [3.05, 3.63) is 59.3 Å². The van der Waals surface area contributed by atoms with Crippen molar-refractivity contribution >= 4 is 35.2 Å². The first-order valence-electron chi connectivity index (χ1n) is 10.8. The van der Waals surface area contributed by atoms with E-state index in [-0.39, 0.29) is 25.5 Å². The van der Waals surface area contributed by atoms with E-state index < -0.39 is 8.07 Å². The Morgan fingerprint density at radius 1 is 0.935 bits per heavy atom. The number of fused-ring (bicyclic) bond motifs is 3. The van der Waals surface area contributed by atoms with Crippen LogP contribution >= 0.6 is 0 Å². The average molecular weight is 607 g/mol. The molecule has 0 bridgehead atoms. The van der Waals surface area contributed by atoms with Crippen molar-refractivity contribution in [3.8, 4) is 11.3 Å². The van der Waals surface area contributed by atoms with Crippen LogP contribution in [-0.2, 0) is 26.5 Å². The molecule has 2 heterocycles. The Bertz CT molecular complexity index is 1240. The van der Waals surface area contributed by atoms with Gasteiger partial charge in [0, 0.05) is 39.8 Å². The van der Waals surface area contributed by atoms with Crippen LogP contribution in [-0.4, -0.2) is 13.1 Å². The molecule has 0 saturated carbocycles. The van der Waals surface area contributed by atoms with Crippen LogP contribution in [0.4, 0.5) is 0 Å². The fourth-order valence-electron chi connectivity index (χ4n) is 4.28. The minimum atomic E-state index is -1.59. The predicted molar refractivity (Wildman–Crippen MR) is 131 cm³/mol. The summed E-state index contributed by atoms with van der Waals surface area (Å²) in [5.41, 5.74) is 7.76. The quantitative estimate of drug-likeness (QED) is 0.182. The standard InChI is InChI=1S/C27H32NOSi.Ir/c1-17-9-10-18(2)25-23(17)24-22(30(6,7)8)14-12-20(26(24)29-25)21-13-11-19(16-28-21)15-27(3,4)5;/h9-11,13-14,16H,15H2,1-8H3;/q-1;. The maximum Gasteiger partial charge on any atom is 0.124 e. The SMILES string of the molecule is Cc1ccc(C)c2c1oc1c(-c3ccc(CC(C)(C)C)cn3)[c-]cc([Si](C)(C)C)c12.[Ir]. The third-order valence-corrected chi connectivity index (χ3v) is 7.74. The van der Waals surface area contributed by atoms with Crippen LogP contribution in [0.1, 0.15) is 37.5 Å². The van der Waals surface area contributed by atoms with Gasteiger partial charge in [0.05, 0.1) is 5.58 Å². The summed E-state index contributed by atoms with van der Waals surface area (Å²) in [6.45, 7) is 18.2. The topological polar surface area (TPSA) is 26.0 Å². The molecule has 4 rings (SSSR count). The maximum atomic E-state index is 6.55. The number of nitrogens with zero attached hydrogens (tertiary/aromatic N) is 1. The molecule has 0 saturated heterocycles. The number of aryl methyl sites for hydroxylation is 2. The van der Waals surface area contributed by atoms with Gasteiger partial charge in [-0.15, -0.1) is 17.3 Å². The van der Waals surface area contributed by atoms with Crippen molar-refractivity contribution in [2.75, 3.05) is 0 Å². The van der Waals surface area contributed by atoms with Gasteiger partial charge in [0.15, 0.2) is 0 Å². The number of hydrogen-bond acceptors (Lipinski definition) is 2. The maximum absolute atomic E-state index is 6.55. The summed E-state index contributed by atoms with van der Waals surface area (Å²) in [6, 6.07) is 14.4. The Kier molecular flexibility index (Phi) is 6.41. The molecule has 0 spiro atoms. The molecule has 2 aromatic heterocycles. The number of pyridine rings is 1. The van der Waals surface area contributed by atoms with Crippen LogP contribution in [0, 0.1) is 25.3 Å². The van der Waals surface area contributed by atoms with Gasteiger partial charge in [-0.3, -0.25) is 0 Å². The minimum absolute atomic E-state index is 0. The van der Waals surface area contributed by atoms with Crippen LogP contribution in [0.3, 0.4) is 0 Å². The summed E-state index contributed by atoms with van der Waals surface area (Å²) >= 11 is 0. The smallest absolute Gasteiger partial charge is 0.124 e. The van der Waals surface area contributed by atoms with Crippen LogP contribution in [0.5, 0.6) is 0 Å². The molecule has 0 unspecified atom stereocenters. The number of aromatic nitrogens is 1. The first-order valence-corrected chi connectivity index (χ1v) is 14.3. The van der Waals surface area contributed by atoms with E-state index in [1.54, 1.807) is 0 Å². The second-order valence-electron chi connectivity index (χ2n) is 10.8. The van der Waals surface area contributed by atoms with Crippen LogP contribution in [0.15, 0.2) is 40.9 Å². The van der Waals surface area contributed by atoms with Gasteiger partial charge in [0.1, 0.15) is 5.58 Å². The fourth-order valence-corrected chi connectivity index (χ4v) is 5.77. The summed E-state index contributed by atoms with van der Waals surface area (Å²) in [5.74, 6) is 0. The van der Waals surface area contributed by atoms with E-state index in [2.05, 4.69) is 90.7 Å². The zero-order valence-corrected chi connectivity index (χ0v) is 23.3. The molecule has 0 aliphatic heterocycles. The van der Waals surface area contributed by atoms with E-state index in [9.17, 15) is 0 Å². The molecule has 165 valence electrons. The minimum Gasteiger partial charge on any atom is -0.500 e. The summed E-state index contributed by atoms with van der Waals surface area (Å²) in [4.78, 5) is 4.81. The first-order chi connectivity index (χ1) is 14.0. The summed E-state index contributed by atoms with van der Waals surface area (Å²) in [7, 11) is -1.59. The van der Waals surface area contributed by atoms with Gasteiger partial charge in [-0.25, -0.2) is 0 Å². The molecule has 2 aromatic carbocycles. The Morgan fingerprint density at radius 3 is 2.19 bits per heavy atom. The van der Waals surface area contributed by atoms with Crippen molar-refractivity contribution < 1.29 is 24.5 Å². The van der Waals surface area contributed by atoms with Gasteiger partial charge in [-0.2, -0.15) is 0 Å². The third kappa shape index (κ3) is 4.57. The molecule has 0 aliphatic rings. The average Bonchev–Trinajstić information content (AvgIpc) is 3.04. The fraction of sp³-hybridized carbons (Fsp3) is 0.370. The molecule has 0 N–H and O–H groups in total. The molecule has 31 heavy (non-hydrogen) atoms. The third-order valence-electron chi connectivity index (χ3n) is 5.72. The number of rotatable bonds is 3. The zero-order valence-electron chi connectivity index (χ0n) is 19.9. The van der Waals surface area contributed by atoms with Crippen molar-refractivity contribution in [2.24, 2.45) is 5.41 Å². The molecule has 4 aromatic rings. The van der Waals surface area contributed by atoms with E-state index in [1.807, 2.05) is 6.20 Å². The van der Waals surface area contributed by atoms with Gasteiger partial charge in [-0.1, -0.05) is 75.6 Å². The van der Waals surface area contributed by atoms with Crippen molar-refractivity contribution in [3.63, 3.8) is 0 Å². The molecule has 1 radical (unpaired) electrons. The van der Waals surface area contributed by atoms with Gasteiger partial charge in [0.2, 0.25) is 0 Å². The summed E-state index contributed by atoms with van der Waals surface area (Å²) < 4.78 is 6.55. The van der Waals surface area contributed by atoms with E-state index in [0.717, 1.165) is 28.8 Å². The number of hydrogen-bond donors (Lipinski definition) is 0. The first kappa shape index (κ1) is 23.9. The molecule has 0 fully saturated rings. The Labute approximate surface area is 200 Å². The van der Waals surface area contributed by atoms with Crippen LogP contribution < -0.4 is 5.19 Å². The van der Waals surface area contributed by atoms with Gasteiger partial charge in [0.25, 0.3) is 0 Å². The Morgan fingerprint density at radius 2 is 1.61 bits per heavy atom. The monoisotopic (exact) mass is 607 g/mol. The summed E-state index contributed by atoms with van der Waals surface area (Å²) in [6.07, 6.45) is 3.02. The largest absolute Gasteiger partial charge is 0.500 e. The zero-order chi connectivity index (χ0) is 21.8. The molecule has 4 heteroatoms. The molecule has 0 atom stereocenters. The van der Waals surface area contributed by atoms with Gasteiger partial charge >= 0.3 is 0 Å². The number of benzene rings is 2. The summed E-state index contributed by atoms with van der Waals surface area (Å²) in [5, 5.41) is 3.92. The van der Waals surface area contributed by atoms with Crippen molar-refractivity contribution in [1.82, 2.24) is 4.98 Å². The Balaban J connectivity index is 0.00000272. The molecule has 0 amide bonds. The van der Waals surface area contributed by atoms with E-state index >= 15 is 0 Å². The molecular weight excluding hydrogens is 575 g/mol. The second kappa shape index (κ2) is 8.31. The normalized spacial score (nSPS) is 12.4. The predicted octanol–water partition coefficient (Wildman–Crippen LogP) is 7.20.